The van der Waals surface area contributed by atoms with Gasteiger partial charge in [-0.2, -0.15) is 0 Å². The highest BCUT2D eigenvalue weighted by Gasteiger charge is 2.18. The minimum atomic E-state index is 0.290. The third-order valence-corrected chi connectivity index (χ3v) is 3.46. The summed E-state index contributed by atoms with van der Waals surface area (Å²) in [6.45, 7) is 6.23. The van der Waals surface area contributed by atoms with Gasteiger partial charge >= 0.3 is 0 Å². The maximum Gasteiger partial charge on any atom is 0.251 e. The standard InChI is InChI=1S/C12H15NOS/c1-8-5-4-6-9(2)11(8)13-12-14-10(3)7-15-12/h4-6,10H,7H2,1-3H3. The van der Waals surface area contributed by atoms with Gasteiger partial charge in [-0.15, -0.1) is 0 Å². The first-order chi connectivity index (χ1) is 7.16. The predicted octanol–water partition coefficient (Wildman–Crippen LogP) is 3.44. The van der Waals surface area contributed by atoms with Crippen molar-refractivity contribution in [1.29, 1.82) is 0 Å². The monoisotopic (exact) mass is 221 g/mol. The Labute approximate surface area is 94.7 Å². The number of hydrogen-bond acceptors (Lipinski definition) is 3. The minimum Gasteiger partial charge on any atom is -0.469 e. The van der Waals surface area contributed by atoms with Gasteiger partial charge in [0.2, 0.25) is 0 Å². The van der Waals surface area contributed by atoms with Gasteiger partial charge in [0, 0.05) is 5.75 Å². The first-order valence-corrected chi connectivity index (χ1v) is 6.10. The Bertz CT molecular complexity index is 380. The second-order valence-electron chi connectivity index (χ2n) is 3.86. The average molecular weight is 221 g/mol. The SMILES string of the molecule is Cc1cccc(C)c1N=C1OC(C)CS1. The van der Waals surface area contributed by atoms with Crippen LogP contribution in [0.25, 0.3) is 0 Å². The zero-order valence-electron chi connectivity index (χ0n) is 9.28. The summed E-state index contributed by atoms with van der Waals surface area (Å²) in [5, 5.41) is 0.805. The van der Waals surface area contributed by atoms with Crippen LogP contribution in [0.3, 0.4) is 0 Å². The lowest BCUT2D eigenvalue weighted by atomic mass is 10.1. The molecule has 80 valence electrons. The highest BCUT2D eigenvalue weighted by Crippen LogP contribution is 2.28. The Morgan fingerprint density at radius 3 is 2.53 bits per heavy atom. The van der Waals surface area contributed by atoms with Crippen molar-refractivity contribution in [2.24, 2.45) is 4.99 Å². The quantitative estimate of drug-likeness (QED) is 0.724. The molecule has 1 aromatic carbocycles. The van der Waals surface area contributed by atoms with Crippen LogP contribution in [0.5, 0.6) is 0 Å². The van der Waals surface area contributed by atoms with Gasteiger partial charge in [0.15, 0.2) is 0 Å². The number of aliphatic imine (C=N–C) groups is 1. The van der Waals surface area contributed by atoms with Crippen LogP contribution in [-0.4, -0.2) is 17.1 Å². The lowest BCUT2D eigenvalue weighted by molar-refractivity contribution is 0.252. The molecule has 1 aliphatic rings. The van der Waals surface area contributed by atoms with Crippen LogP contribution in [0.15, 0.2) is 23.2 Å². The van der Waals surface area contributed by atoms with Crippen molar-refractivity contribution >= 4 is 22.7 Å². The second-order valence-corrected chi connectivity index (χ2v) is 4.83. The third-order valence-electron chi connectivity index (χ3n) is 2.39. The molecule has 1 aliphatic heterocycles. The maximum atomic E-state index is 5.59. The predicted molar refractivity (Wildman–Crippen MR) is 66.0 cm³/mol. The van der Waals surface area contributed by atoms with E-state index in [1.807, 2.05) is 0 Å². The third kappa shape index (κ3) is 2.34. The van der Waals surface area contributed by atoms with Gasteiger partial charge in [-0.1, -0.05) is 30.0 Å². The minimum absolute atomic E-state index is 0.290. The molecule has 2 nitrogen and oxygen atoms in total. The van der Waals surface area contributed by atoms with E-state index in [2.05, 4.69) is 44.0 Å². The molecule has 0 saturated carbocycles. The van der Waals surface area contributed by atoms with Gasteiger partial charge in [-0.3, -0.25) is 0 Å². The van der Waals surface area contributed by atoms with Crippen molar-refractivity contribution < 1.29 is 4.74 Å². The normalized spacial score (nSPS) is 23.1. The second kappa shape index (κ2) is 4.27. The van der Waals surface area contributed by atoms with Crippen molar-refractivity contribution in [2.75, 3.05) is 5.75 Å². The number of rotatable bonds is 1. The van der Waals surface area contributed by atoms with E-state index < -0.39 is 0 Å². The number of aryl methyl sites for hydroxylation is 2. The summed E-state index contributed by atoms with van der Waals surface area (Å²) in [5.74, 6) is 1.00. The molecule has 0 N–H and O–H groups in total. The van der Waals surface area contributed by atoms with Crippen molar-refractivity contribution in [3.63, 3.8) is 0 Å². The summed E-state index contributed by atoms with van der Waals surface area (Å²) in [7, 11) is 0. The topological polar surface area (TPSA) is 21.6 Å². The molecular formula is C12H15NOS. The van der Waals surface area contributed by atoms with E-state index in [1.165, 1.54) is 11.1 Å². The Morgan fingerprint density at radius 2 is 2.00 bits per heavy atom. The number of benzene rings is 1. The van der Waals surface area contributed by atoms with Crippen molar-refractivity contribution in [3.8, 4) is 0 Å². The van der Waals surface area contributed by atoms with Gasteiger partial charge < -0.3 is 4.74 Å². The molecule has 0 radical (unpaired) electrons. The van der Waals surface area contributed by atoms with Crippen LogP contribution in [0, 0.1) is 13.8 Å². The van der Waals surface area contributed by atoms with Crippen LogP contribution < -0.4 is 0 Å². The first kappa shape index (κ1) is 10.6. The average Bonchev–Trinajstić information content (AvgIpc) is 2.58. The fourth-order valence-corrected chi connectivity index (χ4v) is 2.39. The molecule has 0 aromatic heterocycles. The summed E-state index contributed by atoms with van der Waals surface area (Å²) in [6, 6.07) is 6.21. The molecule has 0 spiro atoms. The van der Waals surface area contributed by atoms with Crippen LogP contribution in [0.1, 0.15) is 18.1 Å². The Kier molecular flexibility index (Phi) is 3.00. The van der Waals surface area contributed by atoms with E-state index in [-0.39, 0.29) is 6.10 Å². The van der Waals surface area contributed by atoms with E-state index in [0.717, 1.165) is 16.7 Å². The number of hydrogen-bond donors (Lipinski definition) is 0. The molecular weight excluding hydrogens is 206 g/mol. The molecule has 1 unspecified atom stereocenters. The van der Waals surface area contributed by atoms with Gasteiger partial charge in [0.05, 0.1) is 5.69 Å². The Morgan fingerprint density at radius 1 is 1.33 bits per heavy atom. The van der Waals surface area contributed by atoms with Gasteiger partial charge in [0.1, 0.15) is 6.10 Å². The molecule has 1 saturated heterocycles. The van der Waals surface area contributed by atoms with Crippen molar-refractivity contribution in [2.45, 2.75) is 26.9 Å². The van der Waals surface area contributed by atoms with Crippen LogP contribution in [-0.2, 0) is 4.74 Å². The molecule has 2 rings (SSSR count). The molecule has 0 aliphatic carbocycles. The number of thioether (sulfide) groups is 1. The maximum absolute atomic E-state index is 5.59. The van der Waals surface area contributed by atoms with E-state index in [1.54, 1.807) is 11.8 Å². The highest BCUT2D eigenvalue weighted by molar-refractivity contribution is 8.13. The summed E-state index contributed by atoms with van der Waals surface area (Å²) < 4.78 is 5.59. The van der Waals surface area contributed by atoms with Crippen molar-refractivity contribution in [3.05, 3.63) is 29.3 Å². The molecule has 0 bridgehead atoms. The molecule has 15 heavy (non-hydrogen) atoms. The van der Waals surface area contributed by atoms with Gasteiger partial charge in [-0.25, -0.2) is 4.99 Å². The van der Waals surface area contributed by atoms with Crippen LogP contribution in [0.4, 0.5) is 5.69 Å². The molecule has 1 atom stereocenters. The smallest absolute Gasteiger partial charge is 0.251 e. The molecule has 1 fully saturated rings. The van der Waals surface area contributed by atoms with Crippen LogP contribution in [0.2, 0.25) is 0 Å². The number of ether oxygens (including phenoxy) is 1. The summed E-state index contributed by atoms with van der Waals surface area (Å²) in [6.07, 6.45) is 0.290. The fourth-order valence-electron chi connectivity index (χ4n) is 1.56. The largest absolute Gasteiger partial charge is 0.469 e. The van der Waals surface area contributed by atoms with E-state index in [4.69, 9.17) is 4.74 Å². The Hall–Kier alpha value is -0.960. The molecule has 3 heteroatoms. The summed E-state index contributed by atoms with van der Waals surface area (Å²) in [4.78, 5) is 4.56. The first-order valence-electron chi connectivity index (χ1n) is 5.11. The molecule has 1 heterocycles. The van der Waals surface area contributed by atoms with E-state index >= 15 is 0 Å². The highest BCUT2D eigenvalue weighted by atomic mass is 32.2. The Balaban J connectivity index is 2.31. The molecule has 1 aromatic rings. The summed E-state index contributed by atoms with van der Waals surface area (Å²) in [5.41, 5.74) is 3.45. The number of nitrogens with zero attached hydrogens (tertiary/aromatic N) is 1. The zero-order chi connectivity index (χ0) is 10.8. The van der Waals surface area contributed by atoms with E-state index in [9.17, 15) is 0 Å². The van der Waals surface area contributed by atoms with Gasteiger partial charge in [-0.05, 0) is 31.9 Å². The van der Waals surface area contributed by atoms with Gasteiger partial charge in [0.25, 0.3) is 5.23 Å². The lowest BCUT2D eigenvalue weighted by Crippen LogP contribution is -2.02. The van der Waals surface area contributed by atoms with Crippen LogP contribution >= 0.6 is 11.8 Å². The van der Waals surface area contributed by atoms with Crippen molar-refractivity contribution in [1.82, 2.24) is 0 Å². The zero-order valence-corrected chi connectivity index (χ0v) is 10.1. The number of para-hydroxylation sites is 1. The lowest BCUT2D eigenvalue weighted by Gasteiger charge is -2.05. The molecule has 0 amide bonds. The summed E-state index contributed by atoms with van der Waals surface area (Å²) >= 11 is 1.69. The van der Waals surface area contributed by atoms with E-state index in [0.29, 0.717) is 0 Å². The fraction of sp³-hybridized carbons (Fsp3) is 0.417.